The summed E-state index contributed by atoms with van der Waals surface area (Å²) in [6.07, 6.45) is 6.63. The molecule has 0 saturated heterocycles. The van der Waals surface area contributed by atoms with Crippen molar-refractivity contribution >= 4 is 39.0 Å². The van der Waals surface area contributed by atoms with Crippen molar-refractivity contribution in [3.05, 3.63) is 58.1 Å². The number of fused-ring (bicyclic) bond motifs is 3. The number of ether oxygens (including phenoxy) is 2. The molecule has 1 spiro atoms. The summed E-state index contributed by atoms with van der Waals surface area (Å²) in [6, 6.07) is 11.6. The molecule has 11 heteroatoms. The highest BCUT2D eigenvalue weighted by molar-refractivity contribution is 7.93. The molecule has 2 aromatic carbocycles. The van der Waals surface area contributed by atoms with Crippen LogP contribution in [0.25, 0.3) is 0 Å². The minimum Gasteiger partial charge on any atom is -0.490 e. The maximum atomic E-state index is 14.5. The van der Waals surface area contributed by atoms with E-state index in [1.54, 1.807) is 27.0 Å². The molecule has 1 heterocycles. The molecule has 7 unspecified atom stereocenters. The van der Waals surface area contributed by atoms with E-state index in [1.807, 2.05) is 32.0 Å². The third-order valence-corrected chi connectivity index (χ3v) is 15.0. The molecule has 4 aliphatic rings. The molecule has 1 aliphatic heterocycles. The van der Waals surface area contributed by atoms with Crippen LogP contribution in [-0.4, -0.2) is 64.9 Å². The first-order chi connectivity index (χ1) is 23.7. The number of nitrogens with one attached hydrogen (secondary N) is 1. The van der Waals surface area contributed by atoms with Crippen LogP contribution in [0.4, 0.5) is 5.69 Å². The number of benzene rings is 2. The van der Waals surface area contributed by atoms with Crippen molar-refractivity contribution in [3.8, 4) is 5.75 Å². The zero-order valence-corrected chi connectivity index (χ0v) is 31.9. The number of amides is 2. The molecular formula is C39H54ClN3O6S. The topological polar surface area (TPSA) is 118 Å². The van der Waals surface area contributed by atoms with Gasteiger partial charge in [-0.05, 0) is 125 Å². The van der Waals surface area contributed by atoms with Crippen LogP contribution < -0.4 is 14.4 Å². The van der Waals surface area contributed by atoms with Crippen LogP contribution >= 0.6 is 11.6 Å². The van der Waals surface area contributed by atoms with Gasteiger partial charge in [-0.1, -0.05) is 37.9 Å². The van der Waals surface area contributed by atoms with Gasteiger partial charge in [0.05, 0.1) is 29.2 Å². The normalized spacial score (nSPS) is 30.2. The average molecular weight is 728 g/mol. The van der Waals surface area contributed by atoms with E-state index in [2.05, 4.69) is 33.0 Å². The fourth-order valence-electron chi connectivity index (χ4n) is 8.58. The first kappa shape index (κ1) is 37.1. The van der Waals surface area contributed by atoms with E-state index in [4.69, 9.17) is 21.1 Å². The number of hydrogen-bond acceptors (Lipinski definition) is 7. The number of hydrogen-bond donors (Lipinski definition) is 2. The van der Waals surface area contributed by atoms with Crippen molar-refractivity contribution in [3.63, 3.8) is 0 Å². The zero-order chi connectivity index (χ0) is 36.0. The van der Waals surface area contributed by atoms with Crippen molar-refractivity contribution in [1.29, 1.82) is 0 Å². The summed E-state index contributed by atoms with van der Waals surface area (Å²) >= 11 is 6.45. The Balaban J connectivity index is 1.36. The van der Waals surface area contributed by atoms with E-state index in [0.29, 0.717) is 36.2 Å². The Morgan fingerprint density at radius 3 is 2.60 bits per heavy atom. The van der Waals surface area contributed by atoms with Crippen LogP contribution in [0.1, 0.15) is 101 Å². The summed E-state index contributed by atoms with van der Waals surface area (Å²) in [5.74, 6) is -0.0426. The highest BCUT2D eigenvalue weighted by Gasteiger charge is 2.45. The lowest BCUT2D eigenvalue weighted by Gasteiger charge is -2.45. The summed E-state index contributed by atoms with van der Waals surface area (Å²) in [4.78, 5) is 29.6. The predicted molar refractivity (Wildman–Crippen MR) is 198 cm³/mol. The molecule has 2 N–H and O–H groups in total. The molecule has 7 atom stereocenters. The first-order valence-electron chi connectivity index (χ1n) is 18.4. The number of anilines is 1. The Bertz CT molecular complexity index is 1730. The van der Waals surface area contributed by atoms with Crippen molar-refractivity contribution in [2.75, 3.05) is 31.7 Å². The van der Waals surface area contributed by atoms with Crippen LogP contribution in [0.15, 0.2) is 40.8 Å². The molecular weight excluding hydrogens is 674 g/mol. The van der Waals surface area contributed by atoms with Crippen LogP contribution in [0.3, 0.4) is 0 Å². The van der Waals surface area contributed by atoms with Gasteiger partial charge < -0.3 is 19.5 Å². The maximum Gasteiger partial charge on any atom is 0.286 e. The van der Waals surface area contributed by atoms with Gasteiger partial charge in [0, 0.05) is 42.1 Å². The lowest BCUT2D eigenvalue weighted by atomic mass is 9.68. The van der Waals surface area contributed by atoms with Gasteiger partial charge in [-0.3, -0.25) is 14.3 Å². The number of nitrogens with zero attached hydrogens (tertiary/aromatic N) is 2. The van der Waals surface area contributed by atoms with E-state index in [-0.39, 0.29) is 30.3 Å². The molecule has 2 amide bonds. The molecule has 0 aromatic heterocycles. The molecule has 9 nitrogen and oxygen atoms in total. The number of rotatable bonds is 10. The zero-order valence-electron chi connectivity index (χ0n) is 30.4. The fourth-order valence-corrected chi connectivity index (χ4v) is 10.8. The van der Waals surface area contributed by atoms with Crippen LogP contribution in [-0.2, 0) is 31.3 Å². The Morgan fingerprint density at radius 2 is 1.94 bits per heavy atom. The minimum atomic E-state index is -3.49. The predicted octanol–water partition coefficient (Wildman–Crippen LogP) is 7.11. The van der Waals surface area contributed by atoms with Gasteiger partial charge in [-0.2, -0.15) is 0 Å². The molecule has 0 bridgehead atoms. The molecule has 3 aliphatic carbocycles. The van der Waals surface area contributed by atoms with Gasteiger partial charge in [-0.15, -0.1) is 4.36 Å². The third kappa shape index (κ3) is 7.32. The molecule has 274 valence electrons. The number of aryl methyl sites for hydroxylation is 1. The van der Waals surface area contributed by atoms with Gasteiger partial charge in [0.25, 0.3) is 5.91 Å². The number of carbonyl (C=O) groups excluding carboxylic acids is 2. The largest absolute Gasteiger partial charge is 0.490 e. The minimum absolute atomic E-state index is 0.0610. The molecule has 50 heavy (non-hydrogen) atoms. The van der Waals surface area contributed by atoms with Gasteiger partial charge in [0.15, 0.2) is 0 Å². The first-order valence-corrected chi connectivity index (χ1v) is 20.3. The van der Waals surface area contributed by atoms with Gasteiger partial charge in [-0.25, -0.2) is 4.21 Å². The molecule has 2 saturated carbocycles. The second-order valence-corrected chi connectivity index (χ2v) is 18.6. The van der Waals surface area contributed by atoms with E-state index < -0.39 is 38.5 Å². The van der Waals surface area contributed by atoms with Gasteiger partial charge in [0.2, 0.25) is 5.91 Å². The Kier molecular flexibility index (Phi) is 10.7. The Morgan fingerprint density at radius 1 is 1.18 bits per heavy atom. The Hall–Kier alpha value is -2.66. The van der Waals surface area contributed by atoms with E-state index >= 15 is 0 Å². The van der Waals surface area contributed by atoms with Gasteiger partial charge in [0.1, 0.15) is 15.7 Å². The Labute approximate surface area is 303 Å². The molecule has 6 rings (SSSR count). The standard InChI is InChI=1S/C39H54ClN3O6S/c1-7-24(2)26(4)50(47,42-37(45)30-19-38(5,46)20-30)41-36(44)28-11-15-35-34(18-28)43(21-29-10-13-32(29)25(3)48-6)22-39(23-49-35)16-8-9-27-17-31(40)12-14-33(27)39/h11-12,14-15,17-18,24-26,29-30,32,46H,7-10,13,16,19-23H2,1-6H3,(H,41,42,44,45,47). The second kappa shape index (κ2) is 14.4. The quantitative estimate of drug-likeness (QED) is 0.268. The number of carbonyl (C=O) groups is 2. The van der Waals surface area contributed by atoms with Crippen LogP contribution in [0.2, 0.25) is 5.02 Å². The highest BCUT2D eigenvalue weighted by Crippen LogP contribution is 2.47. The monoisotopic (exact) mass is 727 g/mol. The van der Waals surface area contributed by atoms with Crippen molar-refractivity contribution in [1.82, 2.24) is 4.72 Å². The summed E-state index contributed by atoms with van der Waals surface area (Å²) < 4.78 is 33.9. The summed E-state index contributed by atoms with van der Waals surface area (Å²) in [5.41, 5.74) is 2.48. The van der Waals surface area contributed by atoms with Crippen molar-refractivity contribution in [2.45, 2.75) is 108 Å². The van der Waals surface area contributed by atoms with Crippen LogP contribution in [0.5, 0.6) is 5.75 Å². The van der Waals surface area contributed by atoms with Crippen molar-refractivity contribution < 1.29 is 28.4 Å². The van der Waals surface area contributed by atoms with E-state index in [0.717, 1.165) is 55.9 Å². The van der Waals surface area contributed by atoms with Crippen LogP contribution in [0, 0.1) is 23.7 Å². The van der Waals surface area contributed by atoms with E-state index in [1.165, 1.54) is 11.1 Å². The lowest BCUT2D eigenvalue weighted by Crippen LogP contribution is -2.51. The smallest absolute Gasteiger partial charge is 0.286 e. The fraction of sp³-hybridized carbons (Fsp3) is 0.641. The average Bonchev–Trinajstić information content (AvgIpc) is 3.21. The highest BCUT2D eigenvalue weighted by atomic mass is 35.5. The van der Waals surface area contributed by atoms with Gasteiger partial charge >= 0.3 is 0 Å². The summed E-state index contributed by atoms with van der Waals surface area (Å²) in [6.45, 7) is 11.6. The lowest BCUT2D eigenvalue weighted by molar-refractivity contribution is -0.137. The van der Waals surface area contributed by atoms with Crippen molar-refractivity contribution in [2.24, 2.45) is 28.0 Å². The summed E-state index contributed by atoms with van der Waals surface area (Å²) in [7, 11) is -1.72. The molecule has 0 radical (unpaired) electrons. The van der Waals surface area contributed by atoms with E-state index in [9.17, 15) is 18.9 Å². The number of methoxy groups -OCH3 is 1. The SMILES string of the molecule is CCC(C)C(C)S(=O)(=NC(=O)c1ccc2c(c1)N(CC1CCC1C(C)OC)CC1(CCCc3cc(Cl)ccc31)CO2)NC(=O)C1CC(C)(O)C1. The number of halogens is 1. The third-order valence-electron chi connectivity index (χ3n) is 12.3. The summed E-state index contributed by atoms with van der Waals surface area (Å²) in [5, 5.41) is 10.4. The molecule has 2 aromatic rings. The maximum absolute atomic E-state index is 14.5. The number of aliphatic hydroxyl groups is 1. The molecule has 2 fully saturated rings. The second-order valence-electron chi connectivity index (χ2n) is 15.9.